The van der Waals surface area contributed by atoms with Crippen molar-refractivity contribution in [1.82, 2.24) is 9.88 Å². The van der Waals surface area contributed by atoms with Crippen LogP contribution >= 0.6 is 0 Å². The summed E-state index contributed by atoms with van der Waals surface area (Å²) < 4.78 is 4.71. The summed E-state index contributed by atoms with van der Waals surface area (Å²) in [6, 6.07) is 5.93. The van der Waals surface area contributed by atoms with Crippen LogP contribution in [-0.2, 0) is 9.53 Å². The van der Waals surface area contributed by atoms with Crippen LogP contribution in [0.5, 0.6) is 0 Å². The number of carbonyl (C=O) groups is 1. The minimum absolute atomic E-state index is 0.168. The molecule has 2 heterocycles. The van der Waals surface area contributed by atoms with Crippen molar-refractivity contribution in [2.24, 2.45) is 0 Å². The summed E-state index contributed by atoms with van der Waals surface area (Å²) in [5.74, 6) is 0.730. The third kappa shape index (κ3) is 3.92. The van der Waals surface area contributed by atoms with Crippen LogP contribution in [0.4, 0.5) is 5.82 Å². The zero-order valence-electron chi connectivity index (χ0n) is 12.5. The Morgan fingerprint density at radius 3 is 2.67 bits per heavy atom. The van der Waals surface area contributed by atoms with Crippen LogP contribution in [0.15, 0.2) is 18.3 Å². The molecule has 21 heavy (non-hydrogen) atoms. The maximum absolute atomic E-state index is 11.3. The van der Waals surface area contributed by atoms with E-state index < -0.39 is 0 Å². The first-order valence-corrected chi connectivity index (χ1v) is 7.06. The van der Waals surface area contributed by atoms with Crippen LogP contribution in [-0.4, -0.2) is 55.2 Å². The Balaban J connectivity index is 1.87. The predicted molar refractivity (Wildman–Crippen MR) is 78.8 cm³/mol. The van der Waals surface area contributed by atoms with Gasteiger partial charge < -0.3 is 9.64 Å². The van der Waals surface area contributed by atoms with E-state index in [-0.39, 0.29) is 12.0 Å². The predicted octanol–water partition coefficient (Wildman–Crippen LogP) is 1.03. The standard InChI is InChI=1S/C15H20N4O2/c1-12(9-15(20)21-2)18-5-7-19(8-6-18)14-4-3-13(10-16)11-17-14/h3-4,11-12H,5-9H2,1-2H3/t12-/m1/s1. The van der Waals surface area contributed by atoms with Gasteiger partial charge in [0.2, 0.25) is 0 Å². The van der Waals surface area contributed by atoms with Gasteiger partial charge in [0.25, 0.3) is 0 Å². The number of anilines is 1. The fourth-order valence-electron chi connectivity index (χ4n) is 2.48. The minimum Gasteiger partial charge on any atom is -0.469 e. The molecule has 6 nitrogen and oxygen atoms in total. The molecule has 0 bridgehead atoms. The van der Waals surface area contributed by atoms with Crippen molar-refractivity contribution in [3.63, 3.8) is 0 Å². The normalized spacial score (nSPS) is 17.1. The molecule has 0 radical (unpaired) electrons. The number of ether oxygens (including phenoxy) is 1. The molecule has 1 aliphatic heterocycles. The highest BCUT2D eigenvalue weighted by Gasteiger charge is 2.23. The Labute approximate surface area is 124 Å². The molecule has 0 spiro atoms. The molecule has 0 aliphatic carbocycles. The molecule has 0 saturated carbocycles. The second-order valence-electron chi connectivity index (χ2n) is 5.17. The van der Waals surface area contributed by atoms with Crippen molar-refractivity contribution >= 4 is 11.8 Å². The van der Waals surface area contributed by atoms with Crippen molar-refractivity contribution in [2.75, 3.05) is 38.2 Å². The molecule has 0 aromatic carbocycles. The van der Waals surface area contributed by atoms with Crippen LogP contribution in [0.1, 0.15) is 18.9 Å². The molecule has 112 valence electrons. The number of piperazine rings is 1. The lowest BCUT2D eigenvalue weighted by atomic mass is 10.1. The van der Waals surface area contributed by atoms with E-state index in [0.717, 1.165) is 32.0 Å². The fourth-order valence-corrected chi connectivity index (χ4v) is 2.48. The van der Waals surface area contributed by atoms with Crippen LogP contribution in [0, 0.1) is 11.3 Å². The Hall–Kier alpha value is -2.13. The van der Waals surface area contributed by atoms with E-state index in [9.17, 15) is 4.79 Å². The van der Waals surface area contributed by atoms with Gasteiger partial charge in [0.1, 0.15) is 11.9 Å². The maximum Gasteiger partial charge on any atom is 0.307 e. The molecule has 1 fully saturated rings. The van der Waals surface area contributed by atoms with Gasteiger partial charge in [-0.3, -0.25) is 9.69 Å². The third-order valence-corrected chi connectivity index (χ3v) is 3.83. The number of methoxy groups -OCH3 is 1. The molecule has 0 amide bonds. The number of nitrogens with zero attached hydrogens (tertiary/aromatic N) is 4. The largest absolute Gasteiger partial charge is 0.469 e. The molecule has 0 N–H and O–H groups in total. The summed E-state index contributed by atoms with van der Waals surface area (Å²) >= 11 is 0. The third-order valence-electron chi connectivity index (χ3n) is 3.83. The topological polar surface area (TPSA) is 69.5 Å². The molecule has 6 heteroatoms. The van der Waals surface area contributed by atoms with E-state index in [1.807, 2.05) is 13.0 Å². The monoisotopic (exact) mass is 288 g/mol. The SMILES string of the molecule is COC(=O)C[C@@H](C)N1CCN(c2ccc(C#N)cn2)CC1. The zero-order valence-corrected chi connectivity index (χ0v) is 12.5. The van der Waals surface area contributed by atoms with Crippen LogP contribution in [0.25, 0.3) is 0 Å². The van der Waals surface area contributed by atoms with Gasteiger partial charge in [0.15, 0.2) is 0 Å². The van der Waals surface area contributed by atoms with Crippen molar-refractivity contribution in [3.8, 4) is 6.07 Å². The van der Waals surface area contributed by atoms with Gasteiger partial charge in [-0.05, 0) is 19.1 Å². The number of hydrogen-bond acceptors (Lipinski definition) is 6. The maximum atomic E-state index is 11.3. The van der Waals surface area contributed by atoms with Gasteiger partial charge in [-0.1, -0.05) is 0 Å². The Morgan fingerprint density at radius 2 is 2.14 bits per heavy atom. The van der Waals surface area contributed by atoms with E-state index in [1.165, 1.54) is 7.11 Å². The molecule has 1 saturated heterocycles. The van der Waals surface area contributed by atoms with E-state index in [4.69, 9.17) is 10.00 Å². The van der Waals surface area contributed by atoms with Gasteiger partial charge in [0, 0.05) is 38.4 Å². The summed E-state index contributed by atoms with van der Waals surface area (Å²) in [4.78, 5) is 20.1. The number of nitriles is 1. The van der Waals surface area contributed by atoms with E-state index in [1.54, 1.807) is 12.3 Å². The highest BCUT2D eigenvalue weighted by molar-refractivity contribution is 5.69. The highest BCUT2D eigenvalue weighted by Crippen LogP contribution is 2.16. The van der Waals surface area contributed by atoms with E-state index >= 15 is 0 Å². The van der Waals surface area contributed by atoms with E-state index in [0.29, 0.717) is 12.0 Å². The molecular weight excluding hydrogens is 268 g/mol. The van der Waals surface area contributed by atoms with Crippen molar-refractivity contribution in [2.45, 2.75) is 19.4 Å². The highest BCUT2D eigenvalue weighted by atomic mass is 16.5. The first kappa shape index (κ1) is 15.3. The molecule has 0 unspecified atom stereocenters. The van der Waals surface area contributed by atoms with E-state index in [2.05, 4.69) is 20.9 Å². The zero-order chi connectivity index (χ0) is 15.2. The van der Waals surface area contributed by atoms with Crippen LogP contribution < -0.4 is 4.90 Å². The number of pyridine rings is 1. The summed E-state index contributed by atoms with van der Waals surface area (Å²) in [5, 5.41) is 8.78. The number of esters is 1. The lowest BCUT2D eigenvalue weighted by Crippen LogP contribution is -2.50. The van der Waals surface area contributed by atoms with Gasteiger partial charge in [-0.15, -0.1) is 0 Å². The van der Waals surface area contributed by atoms with Gasteiger partial charge in [-0.25, -0.2) is 4.98 Å². The van der Waals surface area contributed by atoms with Crippen molar-refractivity contribution < 1.29 is 9.53 Å². The average molecular weight is 288 g/mol. The van der Waals surface area contributed by atoms with Gasteiger partial charge in [0.05, 0.1) is 19.1 Å². The molecule has 1 aromatic heterocycles. The second kappa shape index (κ2) is 7.04. The number of rotatable bonds is 4. The van der Waals surface area contributed by atoms with Crippen molar-refractivity contribution in [3.05, 3.63) is 23.9 Å². The Morgan fingerprint density at radius 1 is 1.43 bits per heavy atom. The molecule has 1 atom stereocenters. The summed E-state index contributed by atoms with van der Waals surface area (Å²) in [6.45, 7) is 5.56. The lowest BCUT2D eigenvalue weighted by Gasteiger charge is -2.38. The van der Waals surface area contributed by atoms with Crippen LogP contribution in [0.3, 0.4) is 0 Å². The quantitative estimate of drug-likeness (QED) is 0.771. The Kier molecular flexibility index (Phi) is 5.12. The summed E-state index contributed by atoms with van der Waals surface area (Å²) in [5.41, 5.74) is 0.573. The number of aromatic nitrogens is 1. The summed E-state index contributed by atoms with van der Waals surface area (Å²) in [6.07, 6.45) is 2.02. The van der Waals surface area contributed by atoms with Crippen molar-refractivity contribution in [1.29, 1.82) is 5.26 Å². The van der Waals surface area contributed by atoms with Gasteiger partial charge in [-0.2, -0.15) is 5.26 Å². The minimum atomic E-state index is -0.168. The summed E-state index contributed by atoms with van der Waals surface area (Å²) in [7, 11) is 1.42. The number of hydrogen-bond donors (Lipinski definition) is 0. The molecule has 1 aliphatic rings. The van der Waals surface area contributed by atoms with Gasteiger partial charge >= 0.3 is 5.97 Å². The van der Waals surface area contributed by atoms with Crippen LogP contribution in [0.2, 0.25) is 0 Å². The first-order valence-electron chi connectivity index (χ1n) is 7.06. The average Bonchev–Trinajstić information content (AvgIpc) is 2.55. The second-order valence-corrected chi connectivity index (χ2v) is 5.17. The molecule has 1 aromatic rings. The number of carbonyl (C=O) groups excluding carboxylic acids is 1. The smallest absolute Gasteiger partial charge is 0.307 e. The first-order chi connectivity index (χ1) is 10.1. The lowest BCUT2D eigenvalue weighted by molar-refractivity contribution is -0.141. The molecular formula is C15H20N4O2. The Bertz CT molecular complexity index is 515. The molecule has 2 rings (SSSR count). The fraction of sp³-hybridized carbons (Fsp3) is 0.533.